The smallest absolute Gasteiger partial charge is 0.239 e. The summed E-state index contributed by atoms with van der Waals surface area (Å²) in [5.41, 5.74) is 0.220. The number of carbonyl (C=O) groups is 1. The van der Waals surface area contributed by atoms with Crippen LogP contribution in [0.3, 0.4) is 0 Å². The monoisotopic (exact) mass is 389 g/mol. The van der Waals surface area contributed by atoms with Crippen molar-refractivity contribution in [1.29, 1.82) is 0 Å². The van der Waals surface area contributed by atoms with E-state index in [2.05, 4.69) is 31.9 Å². The first-order valence-electron chi connectivity index (χ1n) is 3.88. The normalized spacial score (nSPS) is 11.5. The molecule has 4 nitrogen and oxygen atoms in total. The predicted octanol–water partition coefficient (Wildman–Crippen LogP) is 2.33. The summed E-state index contributed by atoms with van der Waals surface area (Å²) in [5.74, 6) is -0.262. The Labute approximate surface area is 114 Å². The van der Waals surface area contributed by atoms with Crippen molar-refractivity contribution in [3.05, 3.63) is 27.2 Å². The second kappa shape index (κ2) is 5.14. The van der Waals surface area contributed by atoms with E-state index in [1.54, 1.807) is 0 Å². The zero-order valence-electron chi connectivity index (χ0n) is 7.71. The van der Waals surface area contributed by atoms with E-state index in [-0.39, 0.29) is 26.6 Å². The molecule has 0 unspecified atom stereocenters. The quantitative estimate of drug-likeness (QED) is 0.635. The van der Waals surface area contributed by atoms with Crippen LogP contribution >= 0.6 is 43.5 Å². The van der Waals surface area contributed by atoms with Crippen molar-refractivity contribution >= 4 is 59.3 Å². The van der Waals surface area contributed by atoms with Crippen LogP contribution in [0.2, 0.25) is 5.02 Å². The van der Waals surface area contributed by atoms with Crippen LogP contribution in [0, 0.1) is 0 Å². The Balaban J connectivity index is 3.52. The molecule has 0 fully saturated rings. The third kappa shape index (κ3) is 3.04. The predicted molar refractivity (Wildman–Crippen MR) is 68.6 cm³/mol. The number of hydrogen-bond donors (Lipinski definition) is 1. The van der Waals surface area contributed by atoms with Gasteiger partial charge in [0.2, 0.25) is 10.0 Å². The molecule has 1 aromatic rings. The number of alkyl halides is 1. The number of Topliss-reactive ketones (excluding diaryl/α,β-unsaturated/α-hetero) is 1. The SMILES string of the molecule is NS(=O)(=O)c1cc(C(=O)CBr)cc(Br)c1Cl. The highest BCUT2D eigenvalue weighted by Crippen LogP contribution is 2.30. The van der Waals surface area contributed by atoms with Crippen molar-refractivity contribution in [2.45, 2.75) is 4.90 Å². The van der Waals surface area contributed by atoms with E-state index in [9.17, 15) is 13.2 Å². The summed E-state index contributed by atoms with van der Waals surface area (Å²) >= 11 is 11.8. The van der Waals surface area contributed by atoms with Crippen molar-refractivity contribution < 1.29 is 13.2 Å². The van der Waals surface area contributed by atoms with Gasteiger partial charge in [0.05, 0.1) is 10.4 Å². The molecular weight excluding hydrogens is 385 g/mol. The fourth-order valence-electron chi connectivity index (χ4n) is 1.01. The molecule has 0 radical (unpaired) electrons. The molecule has 0 saturated heterocycles. The molecule has 0 spiro atoms. The van der Waals surface area contributed by atoms with E-state index in [0.29, 0.717) is 4.47 Å². The van der Waals surface area contributed by atoms with Gasteiger partial charge in [-0.25, -0.2) is 13.6 Å². The fourth-order valence-corrected chi connectivity index (χ4v) is 3.01. The fraction of sp³-hybridized carbons (Fsp3) is 0.125. The third-order valence-corrected chi connectivity index (χ3v) is 4.56. The lowest BCUT2D eigenvalue weighted by Crippen LogP contribution is -2.14. The zero-order chi connectivity index (χ0) is 12.5. The third-order valence-electron chi connectivity index (χ3n) is 1.74. The molecule has 0 aromatic heterocycles. The summed E-state index contributed by atoms with van der Waals surface area (Å²) in [6, 6.07) is 2.60. The van der Waals surface area contributed by atoms with Crippen molar-refractivity contribution in [1.82, 2.24) is 0 Å². The maximum absolute atomic E-state index is 11.4. The second-order valence-electron chi connectivity index (χ2n) is 2.87. The minimum atomic E-state index is -3.95. The van der Waals surface area contributed by atoms with Crippen LogP contribution in [0.5, 0.6) is 0 Å². The van der Waals surface area contributed by atoms with Crippen LogP contribution in [-0.2, 0) is 10.0 Å². The highest BCUT2D eigenvalue weighted by molar-refractivity contribution is 9.10. The van der Waals surface area contributed by atoms with Gasteiger partial charge in [0.25, 0.3) is 0 Å². The summed E-state index contributed by atoms with van der Waals surface area (Å²) in [6.45, 7) is 0. The van der Waals surface area contributed by atoms with Gasteiger partial charge in [-0.15, -0.1) is 0 Å². The minimum absolute atomic E-state index is 0.0337. The molecule has 1 rings (SSSR count). The average molecular weight is 391 g/mol. The Morgan fingerprint density at radius 2 is 2.00 bits per heavy atom. The molecule has 0 atom stereocenters. The summed E-state index contributed by atoms with van der Waals surface area (Å²) in [4.78, 5) is 11.1. The number of rotatable bonds is 3. The lowest BCUT2D eigenvalue weighted by molar-refractivity contribution is 0.102. The Bertz CT molecular complexity index is 544. The van der Waals surface area contributed by atoms with Gasteiger partial charge in [-0.2, -0.15) is 0 Å². The van der Waals surface area contributed by atoms with Gasteiger partial charge in [-0.3, -0.25) is 4.79 Å². The molecule has 0 saturated carbocycles. The number of primary sulfonamides is 1. The molecule has 0 amide bonds. The van der Waals surface area contributed by atoms with Crippen LogP contribution in [-0.4, -0.2) is 19.5 Å². The Hall–Kier alpha value is 0.0500. The number of nitrogens with two attached hydrogens (primary N) is 1. The lowest BCUT2D eigenvalue weighted by atomic mass is 10.1. The Morgan fingerprint density at radius 1 is 1.44 bits per heavy atom. The van der Waals surface area contributed by atoms with E-state index in [1.165, 1.54) is 6.07 Å². The van der Waals surface area contributed by atoms with Gasteiger partial charge in [-0.1, -0.05) is 27.5 Å². The number of benzene rings is 1. The number of carbonyl (C=O) groups excluding carboxylic acids is 1. The molecule has 0 bridgehead atoms. The van der Waals surface area contributed by atoms with Crippen LogP contribution < -0.4 is 5.14 Å². The van der Waals surface area contributed by atoms with Gasteiger partial charge < -0.3 is 0 Å². The van der Waals surface area contributed by atoms with E-state index in [1.807, 2.05) is 0 Å². The average Bonchev–Trinajstić information content (AvgIpc) is 2.18. The summed E-state index contributed by atoms with van der Waals surface area (Å²) in [6.07, 6.45) is 0. The lowest BCUT2D eigenvalue weighted by Gasteiger charge is -2.06. The standard InChI is InChI=1S/C8H6Br2ClNO3S/c9-3-6(13)4-1-5(10)8(11)7(2-4)16(12,14)15/h1-2H,3H2,(H2,12,14,15). The first-order valence-corrected chi connectivity index (χ1v) is 7.72. The molecule has 0 aliphatic heterocycles. The maximum Gasteiger partial charge on any atom is 0.239 e. The molecule has 0 heterocycles. The molecule has 16 heavy (non-hydrogen) atoms. The van der Waals surface area contributed by atoms with Crippen LogP contribution in [0.4, 0.5) is 0 Å². The maximum atomic E-state index is 11.4. The van der Waals surface area contributed by atoms with Crippen molar-refractivity contribution in [2.24, 2.45) is 5.14 Å². The molecule has 1 aromatic carbocycles. The number of hydrogen-bond acceptors (Lipinski definition) is 3. The number of halogens is 3. The number of ketones is 1. The van der Waals surface area contributed by atoms with Gasteiger partial charge in [-0.05, 0) is 28.1 Å². The molecule has 2 N–H and O–H groups in total. The van der Waals surface area contributed by atoms with Crippen molar-refractivity contribution in [3.8, 4) is 0 Å². The van der Waals surface area contributed by atoms with Crippen molar-refractivity contribution in [3.63, 3.8) is 0 Å². The molecule has 0 aliphatic carbocycles. The van der Waals surface area contributed by atoms with E-state index < -0.39 is 10.0 Å². The highest BCUT2D eigenvalue weighted by Gasteiger charge is 2.18. The summed E-state index contributed by atoms with van der Waals surface area (Å²) < 4.78 is 22.7. The van der Waals surface area contributed by atoms with E-state index in [4.69, 9.17) is 16.7 Å². The summed E-state index contributed by atoms with van der Waals surface area (Å²) in [5, 5.41) is 5.04. The van der Waals surface area contributed by atoms with Crippen LogP contribution in [0.1, 0.15) is 10.4 Å². The van der Waals surface area contributed by atoms with E-state index >= 15 is 0 Å². The topological polar surface area (TPSA) is 77.2 Å². The van der Waals surface area contributed by atoms with Gasteiger partial charge in [0, 0.05) is 10.0 Å². The minimum Gasteiger partial charge on any atom is -0.293 e. The summed E-state index contributed by atoms with van der Waals surface area (Å²) in [7, 11) is -3.95. The van der Waals surface area contributed by atoms with Crippen LogP contribution in [0.25, 0.3) is 0 Å². The zero-order valence-corrected chi connectivity index (χ0v) is 12.5. The Kier molecular flexibility index (Phi) is 4.53. The van der Waals surface area contributed by atoms with Gasteiger partial charge >= 0.3 is 0 Å². The highest BCUT2D eigenvalue weighted by atomic mass is 79.9. The van der Waals surface area contributed by atoms with Gasteiger partial charge in [0.1, 0.15) is 4.90 Å². The van der Waals surface area contributed by atoms with Gasteiger partial charge in [0.15, 0.2) is 5.78 Å². The first kappa shape index (κ1) is 14.1. The molecule has 8 heteroatoms. The largest absolute Gasteiger partial charge is 0.293 e. The Morgan fingerprint density at radius 3 is 2.44 bits per heavy atom. The molecule has 88 valence electrons. The van der Waals surface area contributed by atoms with Crippen LogP contribution in [0.15, 0.2) is 21.5 Å². The molecule has 0 aliphatic rings. The second-order valence-corrected chi connectivity index (χ2v) is 6.19. The first-order chi connectivity index (χ1) is 7.27. The number of sulfonamides is 1. The van der Waals surface area contributed by atoms with Crippen molar-refractivity contribution in [2.75, 3.05) is 5.33 Å². The van der Waals surface area contributed by atoms with E-state index in [0.717, 1.165) is 6.07 Å². The molecular formula is C8H6Br2ClNO3S.